The molecule has 1 rings (SSSR count). The van der Waals surface area contributed by atoms with Crippen LogP contribution in [0.15, 0.2) is 12.3 Å². The molecule has 0 aromatic carbocycles. The summed E-state index contributed by atoms with van der Waals surface area (Å²) in [7, 11) is 1.35. The minimum Gasteiger partial charge on any atom is -0.480 e. The molecule has 126 valence electrons. The lowest BCUT2D eigenvalue weighted by Gasteiger charge is -2.15. The van der Waals surface area contributed by atoms with E-state index in [1.807, 2.05) is 0 Å². The summed E-state index contributed by atoms with van der Waals surface area (Å²) in [4.78, 5) is 38.6. The second-order valence-electron chi connectivity index (χ2n) is 5.18. The van der Waals surface area contributed by atoms with Crippen molar-refractivity contribution in [2.24, 2.45) is 17.4 Å². The Labute approximate surface area is 133 Å². The molecule has 0 aliphatic carbocycles. The SMILES string of the molecule is COc1ncc(NC(=O)CNC(=O)[C@@H](N)C(C)C)cc1C(N)=O. The van der Waals surface area contributed by atoms with E-state index in [2.05, 4.69) is 15.6 Å². The number of nitrogens with zero attached hydrogens (tertiary/aromatic N) is 1. The number of rotatable bonds is 7. The third kappa shape index (κ3) is 5.22. The summed E-state index contributed by atoms with van der Waals surface area (Å²) >= 11 is 0. The molecule has 0 unspecified atom stereocenters. The fourth-order valence-corrected chi connectivity index (χ4v) is 1.65. The number of primary amides is 1. The van der Waals surface area contributed by atoms with Crippen LogP contribution in [0.2, 0.25) is 0 Å². The Hall–Kier alpha value is -2.68. The average Bonchev–Trinajstić information content (AvgIpc) is 2.51. The maximum absolute atomic E-state index is 11.8. The highest BCUT2D eigenvalue weighted by atomic mass is 16.5. The molecule has 6 N–H and O–H groups in total. The summed E-state index contributed by atoms with van der Waals surface area (Å²) in [5.74, 6) is -1.62. The lowest BCUT2D eigenvalue weighted by Crippen LogP contribution is -2.46. The van der Waals surface area contributed by atoms with Crippen molar-refractivity contribution in [3.8, 4) is 5.88 Å². The number of nitrogens with one attached hydrogen (secondary N) is 2. The quantitative estimate of drug-likeness (QED) is 0.517. The Kier molecular flexibility index (Phi) is 6.46. The van der Waals surface area contributed by atoms with Crippen LogP contribution in [-0.2, 0) is 9.59 Å². The molecular weight excluding hydrogens is 302 g/mol. The molecule has 1 aromatic heterocycles. The summed E-state index contributed by atoms with van der Waals surface area (Å²) < 4.78 is 4.90. The van der Waals surface area contributed by atoms with E-state index in [0.717, 1.165) is 0 Å². The van der Waals surface area contributed by atoms with Crippen LogP contribution in [0.5, 0.6) is 5.88 Å². The maximum Gasteiger partial charge on any atom is 0.254 e. The minimum atomic E-state index is -0.735. The van der Waals surface area contributed by atoms with Crippen molar-refractivity contribution in [2.75, 3.05) is 19.0 Å². The van der Waals surface area contributed by atoms with Gasteiger partial charge in [0, 0.05) is 0 Å². The highest BCUT2D eigenvalue weighted by Gasteiger charge is 2.18. The summed E-state index contributed by atoms with van der Waals surface area (Å²) in [5.41, 5.74) is 11.2. The Morgan fingerprint density at radius 1 is 1.35 bits per heavy atom. The first-order valence-electron chi connectivity index (χ1n) is 6.93. The maximum atomic E-state index is 11.8. The van der Waals surface area contributed by atoms with Crippen molar-refractivity contribution in [1.29, 1.82) is 0 Å². The van der Waals surface area contributed by atoms with Gasteiger partial charge in [-0.15, -0.1) is 0 Å². The standard InChI is InChI=1S/C14H21N5O4/c1-7(2)11(15)13(22)17-6-10(20)19-8-4-9(12(16)21)14(23-3)18-5-8/h4-5,7,11H,6,15H2,1-3H3,(H2,16,21)(H,17,22)(H,19,20)/t11-/m0/s1. The van der Waals surface area contributed by atoms with E-state index in [0.29, 0.717) is 0 Å². The molecule has 9 heteroatoms. The molecule has 0 bridgehead atoms. The van der Waals surface area contributed by atoms with Gasteiger partial charge in [0.15, 0.2) is 0 Å². The van der Waals surface area contributed by atoms with Gasteiger partial charge in [-0.25, -0.2) is 4.98 Å². The van der Waals surface area contributed by atoms with Gasteiger partial charge in [-0.1, -0.05) is 13.8 Å². The number of carbonyl (C=O) groups excluding carboxylic acids is 3. The van der Waals surface area contributed by atoms with E-state index in [9.17, 15) is 14.4 Å². The molecule has 1 aromatic rings. The number of amides is 3. The normalized spacial score (nSPS) is 11.7. The van der Waals surface area contributed by atoms with Crippen molar-refractivity contribution < 1.29 is 19.1 Å². The van der Waals surface area contributed by atoms with Gasteiger partial charge < -0.3 is 26.8 Å². The number of anilines is 1. The predicted octanol–water partition coefficient (Wildman–Crippen LogP) is -0.773. The number of nitrogens with two attached hydrogens (primary N) is 2. The van der Waals surface area contributed by atoms with Crippen molar-refractivity contribution >= 4 is 23.4 Å². The van der Waals surface area contributed by atoms with Crippen LogP contribution >= 0.6 is 0 Å². The van der Waals surface area contributed by atoms with Crippen LogP contribution in [0, 0.1) is 5.92 Å². The van der Waals surface area contributed by atoms with E-state index >= 15 is 0 Å². The van der Waals surface area contributed by atoms with E-state index in [1.54, 1.807) is 13.8 Å². The first-order chi connectivity index (χ1) is 10.8. The average molecular weight is 323 g/mol. The van der Waals surface area contributed by atoms with Crippen LogP contribution in [0.4, 0.5) is 5.69 Å². The fraction of sp³-hybridized carbons (Fsp3) is 0.429. The molecule has 0 spiro atoms. The van der Waals surface area contributed by atoms with Crippen molar-refractivity contribution in [3.63, 3.8) is 0 Å². The zero-order chi connectivity index (χ0) is 17.6. The molecule has 9 nitrogen and oxygen atoms in total. The van der Waals surface area contributed by atoms with Crippen LogP contribution in [0.1, 0.15) is 24.2 Å². The lowest BCUT2D eigenvalue weighted by atomic mass is 10.1. The molecular formula is C14H21N5O4. The second kappa shape index (κ2) is 8.08. The van der Waals surface area contributed by atoms with Gasteiger partial charge in [-0.3, -0.25) is 14.4 Å². The van der Waals surface area contributed by atoms with Crippen molar-refractivity contribution in [1.82, 2.24) is 10.3 Å². The van der Waals surface area contributed by atoms with Crippen LogP contribution in [-0.4, -0.2) is 42.4 Å². The summed E-state index contributed by atoms with van der Waals surface area (Å²) in [6.07, 6.45) is 1.31. The summed E-state index contributed by atoms with van der Waals surface area (Å²) in [6.45, 7) is 3.36. The molecule has 0 aliphatic heterocycles. The molecule has 1 atom stereocenters. The number of methoxy groups -OCH3 is 1. The van der Waals surface area contributed by atoms with Gasteiger partial charge in [0.2, 0.25) is 17.7 Å². The van der Waals surface area contributed by atoms with Gasteiger partial charge in [-0.2, -0.15) is 0 Å². The molecule has 3 amide bonds. The summed E-state index contributed by atoms with van der Waals surface area (Å²) in [6, 6.07) is 0.653. The predicted molar refractivity (Wildman–Crippen MR) is 83.8 cm³/mol. The van der Waals surface area contributed by atoms with E-state index in [4.69, 9.17) is 16.2 Å². The molecule has 0 aliphatic rings. The lowest BCUT2D eigenvalue weighted by molar-refractivity contribution is -0.125. The molecule has 1 heterocycles. The number of ether oxygens (including phenoxy) is 1. The Morgan fingerprint density at radius 3 is 2.52 bits per heavy atom. The van der Waals surface area contributed by atoms with E-state index < -0.39 is 23.8 Å². The molecule has 0 saturated carbocycles. The molecule has 0 saturated heterocycles. The third-order valence-electron chi connectivity index (χ3n) is 3.04. The second-order valence-corrected chi connectivity index (χ2v) is 5.18. The van der Waals surface area contributed by atoms with Crippen molar-refractivity contribution in [2.45, 2.75) is 19.9 Å². The van der Waals surface area contributed by atoms with E-state index in [-0.39, 0.29) is 29.6 Å². The fourth-order valence-electron chi connectivity index (χ4n) is 1.65. The van der Waals surface area contributed by atoms with Gasteiger partial charge in [0.05, 0.1) is 31.6 Å². The van der Waals surface area contributed by atoms with Crippen molar-refractivity contribution in [3.05, 3.63) is 17.8 Å². The Bertz CT molecular complexity index is 603. The number of hydrogen-bond acceptors (Lipinski definition) is 6. The zero-order valence-corrected chi connectivity index (χ0v) is 13.3. The number of carbonyl (C=O) groups is 3. The zero-order valence-electron chi connectivity index (χ0n) is 13.3. The van der Waals surface area contributed by atoms with Crippen LogP contribution in [0.25, 0.3) is 0 Å². The molecule has 0 fully saturated rings. The van der Waals surface area contributed by atoms with Crippen LogP contribution < -0.4 is 26.8 Å². The smallest absolute Gasteiger partial charge is 0.254 e. The number of hydrogen-bond donors (Lipinski definition) is 4. The first-order valence-corrected chi connectivity index (χ1v) is 6.93. The minimum absolute atomic E-state index is 0.0381. The van der Waals surface area contributed by atoms with Gasteiger partial charge >= 0.3 is 0 Å². The van der Waals surface area contributed by atoms with Gasteiger partial charge in [0.1, 0.15) is 5.56 Å². The van der Waals surface area contributed by atoms with Gasteiger partial charge in [-0.05, 0) is 12.0 Å². The Morgan fingerprint density at radius 2 is 2.00 bits per heavy atom. The van der Waals surface area contributed by atoms with Gasteiger partial charge in [0.25, 0.3) is 5.91 Å². The monoisotopic (exact) mass is 323 g/mol. The topological polar surface area (TPSA) is 149 Å². The summed E-state index contributed by atoms with van der Waals surface area (Å²) in [5, 5.41) is 4.92. The highest BCUT2D eigenvalue weighted by Crippen LogP contribution is 2.18. The molecule has 0 radical (unpaired) electrons. The number of aromatic nitrogens is 1. The number of pyridine rings is 1. The molecule has 23 heavy (non-hydrogen) atoms. The van der Waals surface area contributed by atoms with Crippen LogP contribution in [0.3, 0.4) is 0 Å². The third-order valence-corrected chi connectivity index (χ3v) is 3.04. The van der Waals surface area contributed by atoms with E-state index in [1.165, 1.54) is 19.4 Å². The largest absolute Gasteiger partial charge is 0.480 e. The highest BCUT2D eigenvalue weighted by molar-refractivity contribution is 5.99. The Balaban J connectivity index is 2.66. The first kappa shape index (κ1) is 18.4.